The van der Waals surface area contributed by atoms with E-state index >= 15 is 0 Å². The number of hydrogen-bond donors (Lipinski definition) is 1. The molecule has 0 radical (unpaired) electrons. The molecule has 0 rings (SSSR count). The van der Waals surface area contributed by atoms with Gasteiger partial charge in [-0.25, -0.2) is 0 Å². The minimum Gasteiger partial charge on any atom is -0.328 e. The van der Waals surface area contributed by atoms with E-state index in [9.17, 15) is 9.59 Å². The predicted octanol–water partition coefficient (Wildman–Crippen LogP) is 2.08. The minimum absolute atomic E-state index is 0.0109. The first-order valence-corrected chi connectivity index (χ1v) is 5.77. The molecule has 3 heteroatoms. The Morgan fingerprint density at radius 3 is 2.13 bits per heavy atom. The van der Waals surface area contributed by atoms with Crippen LogP contribution >= 0.6 is 0 Å². The van der Waals surface area contributed by atoms with E-state index in [0.717, 1.165) is 0 Å². The van der Waals surface area contributed by atoms with Crippen molar-refractivity contribution in [2.75, 3.05) is 0 Å². The first-order valence-electron chi connectivity index (χ1n) is 5.77. The molecule has 0 aromatic carbocycles. The summed E-state index contributed by atoms with van der Waals surface area (Å²) in [6.07, 6.45) is 3.08. The van der Waals surface area contributed by atoms with Crippen LogP contribution in [-0.4, -0.2) is 17.6 Å². The van der Waals surface area contributed by atoms with Crippen molar-refractivity contribution in [1.82, 2.24) is 0 Å². The molecule has 0 aliphatic heterocycles. The third-order valence-corrected chi connectivity index (χ3v) is 2.59. The molecule has 0 saturated heterocycles. The fourth-order valence-corrected chi connectivity index (χ4v) is 1.28. The summed E-state index contributed by atoms with van der Waals surface area (Å²) in [7, 11) is 0. The lowest BCUT2D eigenvalue weighted by Gasteiger charge is -2.11. The second kappa shape index (κ2) is 7.57. The first kappa shape index (κ1) is 14.3. The molecule has 2 N–H and O–H groups in total. The average Bonchev–Trinajstić information content (AvgIpc) is 2.21. The summed E-state index contributed by atoms with van der Waals surface area (Å²) in [5, 5.41) is 0. The highest BCUT2D eigenvalue weighted by molar-refractivity contribution is 5.80. The summed E-state index contributed by atoms with van der Waals surface area (Å²) in [5.74, 6) is 0.599. The summed E-state index contributed by atoms with van der Waals surface area (Å²) in [5.41, 5.74) is 5.82. The maximum Gasteiger partial charge on any atom is 0.135 e. The summed E-state index contributed by atoms with van der Waals surface area (Å²) in [4.78, 5) is 22.4. The monoisotopic (exact) mass is 213 g/mol. The number of hydrogen-bond acceptors (Lipinski definition) is 3. The molecule has 0 heterocycles. The van der Waals surface area contributed by atoms with Gasteiger partial charge in [0, 0.05) is 31.2 Å². The predicted molar refractivity (Wildman–Crippen MR) is 61.6 cm³/mol. The smallest absolute Gasteiger partial charge is 0.135 e. The number of carbonyl (C=O) groups excluding carboxylic acids is 2. The summed E-state index contributed by atoms with van der Waals surface area (Å²) >= 11 is 0. The Morgan fingerprint density at radius 1 is 1.13 bits per heavy atom. The lowest BCUT2D eigenvalue weighted by atomic mass is 9.99. The SMILES string of the molecule is CCC(=O)CCC(N)CCC(=O)C(C)C. The van der Waals surface area contributed by atoms with Gasteiger partial charge in [0.2, 0.25) is 0 Å². The Kier molecular flexibility index (Phi) is 7.22. The van der Waals surface area contributed by atoms with Crippen molar-refractivity contribution < 1.29 is 9.59 Å². The van der Waals surface area contributed by atoms with Crippen molar-refractivity contribution in [2.24, 2.45) is 11.7 Å². The van der Waals surface area contributed by atoms with Crippen molar-refractivity contribution in [3.8, 4) is 0 Å². The van der Waals surface area contributed by atoms with E-state index < -0.39 is 0 Å². The number of carbonyl (C=O) groups is 2. The van der Waals surface area contributed by atoms with Crippen molar-refractivity contribution in [3.05, 3.63) is 0 Å². The van der Waals surface area contributed by atoms with E-state index in [1.807, 2.05) is 20.8 Å². The molecule has 0 aromatic heterocycles. The van der Waals surface area contributed by atoms with Crippen LogP contribution in [0.4, 0.5) is 0 Å². The van der Waals surface area contributed by atoms with Gasteiger partial charge < -0.3 is 5.73 Å². The lowest BCUT2D eigenvalue weighted by molar-refractivity contribution is -0.122. The molecule has 0 aliphatic rings. The number of Topliss-reactive ketones (excluding diaryl/α,β-unsaturated/α-hetero) is 2. The zero-order valence-corrected chi connectivity index (χ0v) is 10.1. The van der Waals surface area contributed by atoms with E-state index in [-0.39, 0.29) is 23.5 Å². The third kappa shape index (κ3) is 7.25. The highest BCUT2D eigenvalue weighted by Crippen LogP contribution is 2.07. The molecular formula is C12H23NO2. The fourth-order valence-electron chi connectivity index (χ4n) is 1.28. The molecule has 0 aromatic rings. The van der Waals surface area contributed by atoms with E-state index in [2.05, 4.69) is 0 Å². The molecule has 15 heavy (non-hydrogen) atoms. The molecule has 0 amide bonds. The van der Waals surface area contributed by atoms with E-state index in [4.69, 9.17) is 5.73 Å². The van der Waals surface area contributed by atoms with Gasteiger partial charge in [-0.3, -0.25) is 9.59 Å². The fraction of sp³-hybridized carbons (Fsp3) is 0.833. The van der Waals surface area contributed by atoms with Gasteiger partial charge >= 0.3 is 0 Å². The van der Waals surface area contributed by atoms with Crippen LogP contribution in [0.1, 0.15) is 52.9 Å². The average molecular weight is 213 g/mol. The molecule has 0 aliphatic carbocycles. The minimum atomic E-state index is -0.0109. The van der Waals surface area contributed by atoms with Gasteiger partial charge in [0.15, 0.2) is 0 Å². The first-order chi connectivity index (χ1) is 6.97. The standard InChI is InChI=1S/C12H23NO2/c1-4-11(14)7-5-10(13)6-8-12(15)9(2)3/h9-10H,4-8,13H2,1-3H3. The Balaban J connectivity index is 3.61. The Bertz CT molecular complexity index is 212. The summed E-state index contributed by atoms with van der Waals surface area (Å²) in [6.45, 7) is 5.65. The van der Waals surface area contributed by atoms with Crippen molar-refractivity contribution >= 4 is 11.6 Å². The van der Waals surface area contributed by atoms with Crippen LogP contribution in [0.25, 0.3) is 0 Å². The van der Waals surface area contributed by atoms with Gasteiger partial charge in [0.05, 0.1) is 0 Å². The normalized spacial score (nSPS) is 12.9. The molecule has 3 nitrogen and oxygen atoms in total. The largest absolute Gasteiger partial charge is 0.328 e. The number of rotatable bonds is 8. The van der Waals surface area contributed by atoms with Crippen LogP contribution in [0.3, 0.4) is 0 Å². The summed E-state index contributed by atoms with van der Waals surface area (Å²) in [6, 6.07) is -0.0109. The van der Waals surface area contributed by atoms with Crippen LogP contribution < -0.4 is 5.73 Å². The van der Waals surface area contributed by atoms with E-state index in [0.29, 0.717) is 32.1 Å². The molecule has 0 fully saturated rings. The highest BCUT2D eigenvalue weighted by atomic mass is 16.1. The van der Waals surface area contributed by atoms with Gasteiger partial charge in [-0.05, 0) is 12.8 Å². The van der Waals surface area contributed by atoms with Gasteiger partial charge in [0.1, 0.15) is 11.6 Å². The maximum atomic E-state index is 11.3. The quantitative estimate of drug-likeness (QED) is 0.671. The molecule has 0 spiro atoms. The van der Waals surface area contributed by atoms with E-state index in [1.165, 1.54) is 0 Å². The zero-order valence-electron chi connectivity index (χ0n) is 10.1. The topological polar surface area (TPSA) is 60.2 Å². The Morgan fingerprint density at radius 2 is 1.67 bits per heavy atom. The van der Waals surface area contributed by atoms with Gasteiger partial charge in [-0.1, -0.05) is 20.8 Å². The Hall–Kier alpha value is -0.700. The van der Waals surface area contributed by atoms with Crippen LogP contribution in [0.15, 0.2) is 0 Å². The molecular weight excluding hydrogens is 190 g/mol. The van der Waals surface area contributed by atoms with Crippen LogP contribution in [-0.2, 0) is 9.59 Å². The summed E-state index contributed by atoms with van der Waals surface area (Å²) < 4.78 is 0. The van der Waals surface area contributed by atoms with Crippen molar-refractivity contribution in [3.63, 3.8) is 0 Å². The van der Waals surface area contributed by atoms with Gasteiger partial charge in [-0.15, -0.1) is 0 Å². The van der Waals surface area contributed by atoms with Crippen LogP contribution in [0, 0.1) is 5.92 Å². The molecule has 0 saturated carbocycles. The number of ketones is 2. The molecule has 0 bridgehead atoms. The maximum absolute atomic E-state index is 11.3. The second-order valence-corrected chi connectivity index (χ2v) is 4.35. The lowest BCUT2D eigenvalue weighted by Crippen LogP contribution is -2.23. The van der Waals surface area contributed by atoms with Crippen molar-refractivity contribution in [1.29, 1.82) is 0 Å². The Labute approximate surface area is 92.4 Å². The number of nitrogens with two attached hydrogens (primary N) is 1. The highest BCUT2D eigenvalue weighted by Gasteiger charge is 2.11. The molecule has 1 unspecified atom stereocenters. The second-order valence-electron chi connectivity index (χ2n) is 4.35. The van der Waals surface area contributed by atoms with E-state index in [1.54, 1.807) is 0 Å². The third-order valence-electron chi connectivity index (χ3n) is 2.59. The van der Waals surface area contributed by atoms with Crippen LogP contribution in [0.2, 0.25) is 0 Å². The molecule has 88 valence electrons. The molecule has 1 atom stereocenters. The van der Waals surface area contributed by atoms with Gasteiger partial charge in [0.25, 0.3) is 0 Å². The van der Waals surface area contributed by atoms with Crippen molar-refractivity contribution in [2.45, 2.75) is 58.9 Å². The zero-order chi connectivity index (χ0) is 11.8. The van der Waals surface area contributed by atoms with Crippen LogP contribution in [0.5, 0.6) is 0 Å². The van der Waals surface area contributed by atoms with Gasteiger partial charge in [-0.2, -0.15) is 0 Å².